The molecule has 3 aromatic rings. The number of nitrogens with zero attached hydrogens (tertiary/aromatic N) is 3. The van der Waals surface area contributed by atoms with Crippen LogP contribution in [0.5, 0.6) is 0 Å². The van der Waals surface area contributed by atoms with Gasteiger partial charge in [-0.2, -0.15) is 0 Å². The number of esters is 1. The van der Waals surface area contributed by atoms with Crippen LogP contribution < -0.4 is 10.6 Å². The molecule has 0 aliphatic carbocycles. The van der Waals surface area contributed by atoms with E-state index in [2.05, 4.69) is 34.4 Å². The van der Waals surface area contributed by atoms with Crippen LogP contribution in [0.25, 0.3) is 10.8 Å². The number of aromatic nitrogens is 1. The second-order valence-electron chi connectivity index (χ2n) is 6.85. The van der Waals surface area contributed by atoms with Gasteiger partial charge in [-0.1, -0.05) is 53.7 Å². The summed E-state index contributed by atoms with van der Waals surface area (Å²) in [6, 6.07) is 17.6. The molecule has 0 spiro atoms. The van der Waals surface area contributed by atoms with Gasteiger partial charge in [0.25, 0.3) is 0 Å². The number of fused-ring (bicyclic) bond motifs is 2. The third-order valence-electron chi connectivity index (χ3n) is 5.16. The number of rotatable bonds is 5. The van der Waals surface area contributed by atoms with Crippen LogP contribution in [0.2, 0.25) is 0 Å². The summed E-state index contributed by atoms with van der Waals surface area (Å²) in [4.78, 5) is 23.9. The Bertz CT molecular complexity index is 1090. The minimum atomic E-state index is -0.447. The van der Waals surface area contributed by atoms with E-state index in [1.807, 2.05) is 29.2 Å². The van der Waals surface area contributed by atoms with Crippen LogP contribution in [0, 0.1) is 0 Å². The van der Waals surface area contributed by atoms with Crippen LogP contribution in [0.3, 0.4) is 0 Å². The van der Waals surface area contributed by atoms with Crippen LogP contribution in [-0.2, 0) is 27.3 Å². The summed E-state index contributed by atoms with van der Waals surface area (Å²) in [5.41, 5.74) is 8.52. The Morgan fingerprint density at radius 3 is 2.76 bits per heavy atom. The standard InChI is InChI=1S/C22H22N4O3/c1-28-22(27)19-12-15-10-11-18(20(23)25-29-2)24-21(15)26(19)13-16-8-5-7-14-6-3-4-9-17(14)16/h3-11,19H,12-13H2,1-2H3,(H2,23,25). The average molecular weight is 390 g/mol. The molecule has 29 heavy (non-hydrogen) atoms. The Morgan fingerprint density at radius 2 is 1.97 bits per heavy atom. The van der Waals surface area contributed by atoms with Gasteiger partial charge in [-0.15, -0.1) is 0 Å². The Hall–Kier alpha value is -3.61. The van der Waals surface area contributed by atoms with Gasteiger partial charge in [-0.3, -0.25) is 0 Å². The number of ether oxygens (including phenoxy) is 1. The normalized spacial score (nSPS) is 16.0. The third kappa shape index (κ3) is 3.47. The summed E-state index contributed by atoms with van der Waals surface area (Å²) >= 11 is 0. The number of pyridine rings is 1. The fraction of sp³-hybridized carbons (Fsp3) is 0.227. The van der Waals surface area contributed by atoms with E-state index in [-0.39, 0.29) is 11.8 Å². The molecule has 0 bridgehead atoms. The highest BCUT2D eigenvalue weighted by Crippen LogP contribution is 2.34. The van der Waals surface area contributed by atoms with E-state index in [0.717, 1.165) is 21.9 Å². The number of anilines is 1. The van der Waals surface area contributed by atoms with Crippen molar-refractivity contribution in [3.8, 4) is 0 Å². The van der Waals surface area contributed by atoms with Crippen LogP contribution in [0.1, 0.15) is 16.8 Å². The van der Waals surface area contributed by atoms with Crippen molar-refractivity contribution in [2.45, 2.75) is 19.0 Å². The SMILES string of the molecule is CO/N=C(\N)c1ccc2c(n1)N(Cc1cccc3ccccc13)C(C(=O)OC)C2. The average Bonchev–Trinajstić information content (AvgIpc) is 3.11. The zero-order valence-electron chi connectivity index (χ0n) is 16.3. The summed E-state index contributed by atoms with van der Waals surface area (Å²) in [6.07, 6.45) is 0.529. The molecule has 0 radical (unpaired) electrons. The lowest BCUT2D eigenvalue weighted by Crippen LogP contribution is -2.39. The van der Waals surface area contributed by atoms with E-state index in [1.165, 1.54) is 14.2 Å². The molecule has 1 aliphatic rings. The number of hydrogen-bond acceptors (Lipinski definition) is 6. The molecule has 148 valence electrons. The minimum Gasteiger partial charge on any atom is -0.467 e. The fourth-order valence-electron chi connectivity index (χ4n) is 3.78. The summed E-state index contributed by atoms with van der Waals surface area (Å²) in [6.45, 7) is 0.520. The van der Waals surface area contributed by atoms with Crippen molar-refractivity contribution in [3.63, 3.8) is 0 Å². The predicted octanol–water partition coefficient (Wildman–Crippen LogP) is 2.61. The van der Waals surface area contributed by atoms with Crippen molar-refractivity contribution in [2.24, 2.45) is 10.9 Å². The molecule has 0 fully saturated rings. The third-order valence-corrected chi connectivity index (χ3v) is 5.16. The highest BCUT2D eigenvalue weighted by atomic mass is 16.6. The van der Waals surface area contributed by atoms with Crippen LogP contribution >= 0.6 is 0 Å². The van der Waals surface area contributed by atoms with E-state index in [1.54, 1.807) is 6.07 Å². The molecule has 0 amide bonds. The Labute approximate surface area is 168 Å². The maximum Gasteiger partial charge on any atom is 0.328 e. The van der Waals surface area contributed by atoms with Gasteiger partial charge in [0, 0.05) is 13.0 Å². The lowest BCUT2D eigenvalue weighted by Gasteiger charge is -2.25. The lowest BCUT2D eigenvalue weighted by atomic mass is 10.0. The maximum atomic E-state index is 12.5. The van der Waals surface area contributed by atoms with Gasteiger partial charge in [0.2, 0.25) is 0 Å². The molecular weight excluding hydrogens is 368 g/mol. The Balaban J connectivity index is 1.78. The van der Waals surface area contributed by atoms with Gasteiger partial charge >= 0.3 is 5.97 Å². The summed E-state index contributed by atoms with van der Waals surface area (Å²) in [5.74, 6) is 0.602. The smallest absolute Gasteiger partial charge is 0.328 e. The lowest BCUT2D eigenvalue weighted by molar-refractivity contribution is -0.142. The van der Waals surface area contributed by atoms with Crippen LogP contribution in [0.15, 0.2) is 59.8 Å². The summed E-state index contributed by atoms with van der Waals surface area (Å²) in [7, 11) is 2.84. The van der Waals surface area contributed by atoms with Gasteiger partial charge < -0.3 is 20.2 Å². The number of amidine groups is 1. The summed E-state index contributed by atoms with van der Waals surface area (Å²) < 4.78 is 5.06. The van der Waals surface area contributed by atoms with Crippen LogP contribution in [0.4, 0.5) is 5.82 Å². The molecule has 4 rings (SSSR count). The van der Waals surface area contributed by atoms with E-state index in [9.17, 15) is 4.79 Å². The molecular formula is C22H22N4O3. The number of carbonyl (C=O) groups is 1. The molecule has 1 aliphatic heterocycles. The van der Waals surface area contributed by atoms with E-state index in [0.29, 0.717) is 24.5 Å². The molecule has 0 saturated heterocycles. The molecule has 7 nitrogen and oxygen atoms in total. The Morgan fingerprint density at radius 1 is 1.17 bits per heavy atom. The van der Waals surface area contributed by atoms with Gasteiger partial charge in [0.05, 0.1) is 7.11 Å². The second-order valence-corrected chi connectivity index (χ2v) is 6.85. The van der Waals surface area contributed by atoms with Gasteiger partial charge in [-0.05, 0) is 28.0 Å². The van der Waals surface area contributed by atoms with Crippen molar-refractivity contribution in [2.75, 3.05) is 19.1 Å². The zero-order valence-corrected chi connectivity index (χ0v) is 16.3. The number of hydrogen-bond donors (Lipinski definition) is 1. The predicted molar refractivity (Wildman–Crippen MR) is 112 cm³/mol. The molecule has 2 aromatic carbocycles. The monoisotopic (exact) mass is 390 g/mol. The maximum absolute atomic E-state index is 12.5. The van der Waals surface area contributed by atoms with E-state index < -0.39 is 6.04 Å². The largest absolute Gasteiger partial charge is 0.467 e. The zero-order chi connectivity index (χ0) is 20.4. The first-order chi connectivity index (χ1) is 14.1. The number of nitrogens with two attached hydrogens (primary N) is 1. The molecule has 7 heteroatoms. The number of oxime groups is 1. The fourth-order valence-corrected chi connectivity index (χ4v) is 3.78. The molecule has 2 N–H and O–H groups in total. The molecule has 0 saturated carbocycles. The van der Waals surface area contributed by atoms with Crippen molar-refractivity contribution in [1.82, 2.24) is 4.98 Å². The first kappa shape index (κ1) is 18.7. The molecule has 1 atom stereocenters. The molecule has 2 heterocycles. The highest BCUT2D eigenvalue weighted by molar-refractivity contribution is 5.96. The van der Waals surface area contributed by atoms with E-state index in [4.69, 9.17) is 15.3 Å². The van der Waals surface area contributed by atoms with Crippen molar-refractivity contribution in [3.05, 3.63) is 71.4 Å². The molecule has 1 unspecified atom stereocenters. The quantitative estimate of drug-likeness (QED) is 0.312. The van der Waals surface area contributed by atoms with Crippen molar-refractivity contribution in [1.29, 1.82) is 0 Å². The first-order valence-electron chi connectivity index (χ1n) is 9.30. The van der Waals surface area contributed by atoms with Gasteiger partial charge in [0.15, 0.2) is 5.84 Å². The topological polar surface area (TPSA) is 90.0 Å². The molecule has 1 aromatic heterocycles. The van der Waals surface area contributed by atoms with Crippen LogP contribution in [-0.4, -0.2) is 37.1 Å². The van der Waals surface area contributed by atoms with Crippen molar-refractivity contribution >= 4 is 28.4 Å². The van der Waals surface area contributed by atoms with Gasteiger partial charge in [0.1, 0.15) is 24.7 Å². The number of carbonyl (C=O) groups excluding carboxylic acids is 1. The number of methoxy groups -OCH3 is 1. The Kier molecular flexibility index (Phi) is 5.03. The van der Waals surface area contributed by atoms with Gasteiger partial charge in [-0.25, -0.2) is 9.78 Å². The first-order valence-corrected chi connectivity index (χ1v) is 9.30. The van der Waals surface area contributed by atoms with E-state index >= 15 is 0 Å². The highest BCUT2D eigenvalue weighted by Gasteiger charge is 2.37. The van der Waals surface area contributed by atoms with Crippen molar-refractivity contribution < 1.29 is 14.4 Å². The second kappa shape index (κ2) is 7.79. The summed E-state index contributed by atoms with van der Waals surface area (Å²) in [5, 5.41) is 6.05. The minimum absolute atomic E-state index is 0.182. The number of benzene rings is 2.